The molecule has 1 fully saturated rings. The molecule has 0 amide bonds. The molecule has 2 rings (SSSR count). The summed E-state index contributed by atoms with van der Waals surface area (Å²) in [5.74, 6) is 1.12. The molecule has 0 aliphatic carbocycles. The van der Waals surface area contributed by atoms with Crippen LogP contribution in [0.1, 0.15) is 37.4 Å². The third-order valence-corrected chi connectivity index (χ3v) is 4.46. The van der Waals surface area contributed by atoms with Crippen LogP contribution in [0.5, 0.6) is 0 Å². The molecule has 1 aliphatic heterocycles. The van der Waals surface area contributed by atoms with E-state index < -0.39 is 0 Å². The van der Waals surface area contributed by atoms with Gasteiger partial charge in [-0.1, -0.05) is 13.8 Å². The highest BCUT2D eigenvalue weighted by Gasteiger charge is 2.17. The second-order valence-electron chi connectivity index (χ2n) is 5.45. The summed E-state index contributed by atoms with van der Waals surface area (Å²) in [6.07, 6.45) is 1.08. The number of ether oxygens (including phenoxy) is 1. The molecule has 1 atom stereocenters. The maximum atomic E-state index is 6.03. The van der Waals surface area contributed by atoms with Gasteiger partial charge in [-0.3, -0.25) is 4.99 Å². The lowest BCUT2D eigenvalue weighted by molar-refractivity contribution is 0.00530. The normalized spacial score (nSPS) is 19.7. The summed E-state index contributed by atoms with van der Waals surface area (Å²) in [5.41, 5.74) is 7.15. The van der Waals surface area contributed by atoms with Crippen molar-refractivity contribution in [2.45, 2.75) is 39.2 Å². The zero-order valence-electron chi connectivity index (χ0n) is 12.9. The van der Waals surface area contributed by atoms with E-state index in [0.717, 1.165) is 31.8 Å². The molecule has 0 spiro atoms. The van der Waals surface area contributed by atoms with Crippen LogP contribution in [0.4, 0.5) is 0 Å². The molecule has 0 saturated carbocycles. The monoisotopic (exact) mass is 424 g/mol. The van der Waals surface area contributed by atoms with Gasteiger partial charge in [0.25, 0.3) is 0 Å². The van der Waals surface area contributed by atoms with Gasteiger partial charge in [-0.15, -0.1) is 35.3 Å². The summed E-state index contributed by atoms with van der Waals surface area (Å²) in [7, 11) is 0. The number of guanidine groups is 1. The van der Waals surface area contributed by atoms with Crippen molar-refractivity contribution in [1.82, 2.24) is 9.88 Å². The van der Waals surface area contributed by atoms with Gasteiger partial charge >= 0.3 is 0 Å². The Morgan fingerprint density at radius 2 is 2.38 bits per heavy atom. The van der Waals surface area contributed by atoms with Crippen molar-refractivity contribution >= 4 is 41.3 Å². The Morgan fingerprint density at radius 1 is 1.62 bits per heavy atom. The summed E-state index contributed by atoms with van der Waals surface area (Å²) in [6, 6.07) is 0. The molecule has 2 N–H and O–H groups in total. The molecule has 1 aromatic heterocycles. The molecule has 0 radical (unpaired) electrons. The van der Waals surface area contributed by atoms with Crippen LogP contribution in [0.15, 0.2) is 10.4 Å². The van der Waals surface area contributed by atoms with Gasteiger partial charge in [-0.05, 0) is 6.92 Å². The van der Waals surface area contributed by atoms with Gasteiger partial charge in [0.1, 0.15) is 0 Å². The van der Waals surface area contributed by atoms with Crippen LogP contribution in [0.2, 0.25) is 0 Å². The van der Waals surface area contributed by atoms with Crippen molar-refractivity contribution in [2.24, 2.45) is 10.7 Å². The van der Waals surface area contributed by atoms with E-state index in [1.54, 1.807) is 11.3 Å². The number of nitrogens with zero attached hydrogens (tertiary/aromatic N) is 3. The van der Waals surface area contributed by atoms with Crippen LogP contribution in [0, 0.1) is 0 Å². The summed E-state index contributed by atoms with van der Waals surface area (Å²) >= 11 is 1.73. The second kappa shape index (κ2) is 8.89. The van der Waals surface area contributed by atoms with Crippen molar-refractivity contribution in [3.05, 3.63) is 16.1 Å². The lowest BCUT2D eigenvalue weighted by Crippen LogP contribution is -2.47. The van der Waals surface area contributed by atoms with Crippen molar-refractivity contribution in [3.63, 3.8) is 0 Å². The Morgan fingerprint density at radius 3 is 3.00 bits per heavy atom. The van der Waals surface area contributed by atoms with E-state index >= 15 is 0 Å². The van der Waals surface area contributed by atoms with Crippen LogP contribution < -0.4 is 5.73 Å². The lowest BCUT2D eigenvalue weighted by atomic mass is 10.2. The van der Waals surface area contributed by atoms with Gasteiger partial charge in [-0.25, -0.2) is 4.98 Å². The van der Waals surface area contributed by atoms with Gasteiger partial charge in [0.2, 0.25) is 0 Å². The van der Waals surface area contributed by atoms with E-state index in [2.05, 4.69) is 41.0 Å². The van der Waals surface area contributed by atoms with Crippen molar-refractivity contribution in [3.8, 4) is 0 Å². The summed E-state index contributed by atoms with van der Waals surface area (Å²) in [6.45, 7) is 9.45. The minimum Gasteiger partial charge on any atom is -0.375 e. The fraction of sp³-hybridized carbons (Fsp3) is 0.714. The van der Waals surface area contributed by atoms with Crippen LogP contribution in [-0.4, -0.2) is 48.2 Å². The number of rotatable bonds is 4. The van der Waals surface area contributed by atoms with Crippen molar-refractivity contribution < 1.29 is 4.74 Å². The van der Waals surface area contributed by atoms with Crippen LogP contribution in [0.3, 0.4) is 0 Å². The topological polar surface area (TPSA) is 63.7 Å². The molecular formula is C14H25IN4OS. The highest BCUT2D eigenvalue weighted by atomic mass is 127. The van der Waals surface area contributed by atoms with Gasteiger partial charge in [0.15, 0.2) is 5.96 Å². The molecule has 21 heavy (non-hydrogen) atoms. The molecule has 0 aromatic carbocycles. The predicted octanol–water partition coefficient (Wildman–Crippen LogP) is 2.46. The third kappa shape index (κ3) is 5.71. The van der Waals surface area contributed by atoms with Gasteiger partial charge in [-0.2, -0.15) is 0 Å². The first-order valence-corrected chi connectivity index (χ1v) is 8.05. The molecule has 2 heterocycles. The van der Waals surface area contributed by atoms with Crippen molar-refractivity contribution in [2.75, 3.05) is 26.2 Å². The average Bonchev–Trinajstić information content (AvgIpc) is 2.87. The maximum Gasteiger partial charge on any atom is 0.191 e. The minimum atomic E-state index is 0. The van der Waals surface area contributed by atoms with Crippen LogP contribution in [-0.2, 0) is 11.2 Å². The van der Waals surface area contributed by atoms with E-state index in [4.69, 9.17) is 10.5 Å². The lowest BCUT2D eigenvalue weighted by Gasteiger charge is -2.31. The minimum absolute atomic E-state index is 0. The first kappa shape index (κ1) is 18.6. The average molecular weight is 424 g/mol. The van der Waals surface area contributed by atoms with Crippen LogP contribution >= 0.6 is 35.3 Å². The van der Waals surface area contributed by atoms with E-state index in [1.165, 1.54) is 5.01 Å². The Balaban J connectivity index is 0.00000220. The number of halogens is 1. The van der Waals surface area contributed by atoms with E-state index in [1.807, 2.05) is 0 Å². The number of thiazole rings is 1. The first-order valence-electron chi connectivity index (χ1n) is 7.17. The maximum absolute atomic E-state index is 6.03. The fourth-order valence-electron chi connectivity index (χ4n) is 2.11. The highest BCUT2D eigenvalue weighted by Crippen LogP contribution is 2.19. The quantitative estimate of drug-likeness (QED) is 0.458. The predicted molar refractivity (Wildman–Crippen MR) is 98.8 cm³/mol. The second-order valence-corrected chi connectivity index (χ2v) is 6.34. The molecule has 7 heteroatoms. The molecule has 1 aromatic rings. The van der Waals surface area contributed by atoms with Gasteiger partial charge in [0, 0.05) is 37.4 Å². The summed E-state index contributed by atoms with van der Waals surface area (Å²) < 4.78 is 5.50. The summed E-state index contributed by atoms with van der Waals surface area (Å²) in [5, 5.41) is 3.32. The van der Waals surface area contributed by atoms with E-state index in [0.29, 0.717) is 18.4 Å². The van der Waals surface area contributed by atoms with E-state index in [9.17, 15) is 0 Å². The first-order chi connectivity index (χ1) is 9.56. The number of aromatic nitrogens is 1. The van der Waals surface area contributed by atoms with Gasteiger partial charge in [0.05, 0.1) is 23.4 Å². The van der Waals surface area contributed by atoms with Gasteiger partial charge < -0.3 is 15.4 Å². The smallest absolute Gasteiger partial charge is 0.191 e. The van der Waals surface area contributed by atoms with Crippen molar-refractivity contribution in [1.29, 1.82) is 0 Å². The fourth-order valence-corrected chi connectivity index (χ4v) is 2.98. The third-order valence-electron chi connectivity index (χ3n) is 3.27. The molecule has 5 nitrogen and oxygen atoms in total. The van der Waals surface area contributed by atoms with Crippen LogP contribution in [0.25, 0.3) is 0 Å². The molecule has 1 unspecified atom stereocenters. The largest absolute Gasteiger partial charge is 0.375 e. The molecule has 120 valence electrons. The Labute approximate surface area is 148 Å². The number of hydrogen-bond donors (Lipinski definition) is 1. The highest BCUT2D eigenvalue weighted by molar-refractivity contribution is 14.0. The number of aliphatic imine (C=N–C) groups is 1. The Bertz CT molecular complexity index is 464. The number of nitrogens with two attached hydrogens (primary N) is 1. The number of hydrogen-bond acceptors (Lipinski definition) is 4. The molecule has 1 aliphatic rings. The van der Waals surface area contributed by atoms with E-state index in [-0.39, 0.29) is 30.1 Å². The molecule has 0 bridgehead atoms. The Hall–Kier alpha value is -0.410. The standard InChI is InChI=1S/C14H24N4OS.HI/c1-10(2)13-17-12(9-20-13)4-5-16-14(15)18-6-7-19-11(3)8-18;/h9-11H,4-8H2,1-3H3,(H2,15,16);1H. The zero-order chi connectivity index (χ0) is 14.5. The molecule has 1 saturated heterocycles. The Kier molecular flexibility index (Phi) is 7.89. The summed E-state index contributed by atoms with van der Waals surface area (Å²) in [4.78, 5) is 11.2. The number of morpholine rings is 1. The molecular weight excluding hydrogens is 399 g/mol. The zero-order valence-corrected chi connectivity index (χ0v) is 16.1. The SMILES string of the molecule is CC1CN(C(N)=NCCc2csc(C(C)C)n2)CCO1.I.